The van der Waals surface area contributed by atoms with Crippen molar-refractivity contribution in [2.75, 3.05) is 26.1 Å². The van der Waals surface area contributed by atoms with Gasteiger partial charge in [-0.05, 0) is 42.8 Å². The number of rotatable bonds is 8. The zero-order valence-corrected chi connectivity index (χ0v) is 16.4. The summed E-state index contributed by atoms with van der Waals surface area (Å²) in [4.78, 5) is 12.9. The molecule has 0 aliphatic heterocycles. The van der Waals surface area contributed by atoms with E-state index < -0.39 is 5.91 Å². The Balaban J connectivity index is 1.93. The molecular weight excluding hydrogens is 377 g/mol. The van der Waals surface area contributed by atoms with E-state index in [0.717, 1.165) is 6.42 Å². The molecule has 0 bridgehead atoms. The SMILES string of the molecule is CCCOc1cn(-c2ccc(F)cc2)nc1C(=O)Nc1cc(OC)ccc1OC. The van der Waals surface area contributed by atoms with Crippen molar-refractivity contribution in [1.82, 2.24) is 9.78 Å². The van der Waals surface area contributed by atoms with Gasteiger partial charge < -0.3 is 19.5 Å². The summed E-state index contributed by atoms with van der Waals surface area (Å²) in [6, 6.07) is 10.9. The fourth-order valence-electron chi connectivity index (χ4n) is 2.65. The van der Waals surface area contributed by atoms with Crippen LogP contribution in [-0.4, -0.2) is 36.5 Å². The van der Waals surface area contributed by atoms with Crippen LogP contribution in [-0.2, 0) is 0 Å². The molecule has 8 heteroatoms. The summed E-state index contributed by atoms with van der Waals surface area (Å²) in [5, 5.41) is 7.13. The van der Waals surface area contributed by atoms with Crippen molar-refractivity contribution in [3.8, 4) is 22.9 Å². The van der Waals surface area contributed by atoms with E-state index in [1.165, 1.54) is 31.0 Å². The van der Waals surface area contributed by atoms with E-state index in [0.29, 0.717) is 35.2 Å². The molecule has 3 aromatic rings. The molecule has 1 amide bonds. The minimum absolute atomic E-state index is 0.104. The zero-order chi connectivity index (χ0) is 20.8. The first-order valence-corrected chi connectivity index (χ1v) is 9.07. The van der Waals surface area contributed by atoms with Crippen LogP contribution in [0.25, 0.3) is 5.69 Å². The molecule has 1 heterocycles. The Kier molecular flexibility index (Phi) is 6.33. The largest absolute Gasteiger partial charge is 0.497 e. The van der Waals surface area contributed by atoms with Gasteiger partial charge >= 0.3 is 0 Å². The van der Waals surface area contributed by atoms with Crippen molar-refractivity contribution in [3.05, 3.63) is 60.2 Å². The molecule has 2 aromatic carbocycles. The molecule has 0 fully saturated rings. The van der Waals surface area contributed by atoms with Crippen molar-refractivity contribution in [3.63, 3.8) is 0 Å². The molecule has 0 atom stereocenters. The second kappa shape index (κ2) is 9.09. The monoisotopic (exact) mass is 399 g/mol. The van der Waals surface area contributed by atoms with E-state index in [1.54, 1.807) is 36.5 Å². The summed E-state index contributed by atoms with van der Waals surface area (Å²) in [5.41, 5.74) is 1.15. The van der Waals surface area contributed by atoms with Crippen LogP contribution in [0.2, 0.25) is 0 Å². The molecule has 0 aliphatic rings. The van der Waals surface area contributed by atoms with Gasteiger partial charge in [0.25, 0.3) is 5.91 Å². The van der Waals surface area contributed by atoms with Gasteiger partial charge in [0.05, 0.1) is 38.4 Å². The summed E-state index contributed by atoms with van der Waals surface area (Å²) in [6.45, 7) is 2.39. The van der Waals surface area contributed by atoms with E-state index in [-0.39, 0.29) is 11.5 Å². The van der Waals surface area contributed by atoms with Crippen LogP contribution >= 0.6 is 0 Å². The fourth-order valence-corrected chi connectivity index (χ4v) is 2.65. The Hall–Kier alpha value is -3.55. The highest BCUT2D eigenvalue weighted by Gasteiger charge is 2.21. The topological polar surface area (TPSA) is 74.6 Å². The maximum atomic E-state index is 13.2. The van der Waals surface area contributed by atoms with Gasteiger partial charge in [0.15, 0.2) is 11.4 Å². The van der Waals surface area contributed by atoms with Crippen LogP contribution in [0, 0.1) is 5.82 Å². The standard InChI is InChI=1S/C21H22FN3O4/c1-4-11-29-19-13-25(15-7-5-14(22)6-8-15)24-20(19)21(26)23-17-12-16(27-2)9-10-18(17)28-3/h5-10,12-13H,4,11H2,1-3H3,(H,23,26). The molecule has 7 nitrogen and oxygen atoms in total. The normalized spacial score (nSPS) is 10.5. The molecule has 29 heavy (non-hydrogen) atoms. The molecule has 152 valence electrons. The Morgan fingerprint density at radius 1 is 1.10 bits per heavy atom. The molecule has 0 aliphatic carbocycles. The van der Waals surface area contributed by atoms with Gasteiger partial charge in [-0.25, -0.2) is 9.07 Å². The summed E-state index contributed by atoms with van der Waals surface area (Å²) < 4.78 is 30.9. The van der Waals surface area contributed by atoms with E-state index in [1.807, 2.05) is 6.92 Å². The van der Waals surface area contributed by atoms with Crippen LogP contribution < -0.4 is 19.5 Å². The number of hydrogen-bond acceptors (Lipinski definition) is 5. The number of ether oxygens (including phenoxy) is 3. The lowest BCUT2D eigenvalue weighted by molar-refractivity contribution is 0.101. The highest BCUT2D eigenvalue weighted by Crippen LogP contribution is 2.30. The number of anilines is 1. The number of nitrogens with one attached hydrogen (secondary N) is 1. The zero-order valence-electron chi connectivity index (χ0n) is 16.4. The number of halogens is 1. The van der Waals surface area contributed by atoms with Gasteiger partial charge in [-0.15, -0.1) is 0 Å². The summed E-state index contributed by atoms with van der Waals surface area (Å²) in [5.74, 6) is 0.555. The summed E-state index contributed by atoms with van der Waals surface area (Å²) in [7, 11) is 3.05. The molecule has 1 N–H and O–H groups in total. The van der Waals surface area contributed by atoms with Crippen molar-refractivity contribution in [1.29, 1.82) is 0 Å². The molecule has 0 saturated carbocycles. The average molecular weight is 399 g/mol. The van der Waals surface area contributed by atoms with Crippen LogP contribution in [0.1, 0.15) is 23.8 Å². The molecule has 1 aromatic heterocycles. The third-order valence-electron chi connectivity index (χ3n) is 4.10. The van der Waals surface area contributed by atoms with E-state index in [4.69, 9.17) is 14.2 Å². The third-order valence-corrected chi connectivity index (χ3v) is 4.10. The number of nitrogens with zero attached hydrogens (tertiary/aromatic N) is 2. The molecule has 0 radical (unpaired) electrons. The second-order valence-corrected chi connectivity index (χ2v) is 6.13. The molecule has 3 rings (SSSR count). The van der Waals surface area contributed by atoms with Gasteiger partial charge in [-0.3, -0.25) is 4.79 Å². The Morgan fingerprint density at radius 3 is 2.52 bits per heavy atom. The summed E-state index contributed by atoms with van der Waals surface area (Å²) >= 11 is 0. The number of carbonyl (C=O) groups is 1. The highest BCUT2D eigenvalue weighted by atomic mass is 19.1. The maximum absolute atomic E-state index is 13.2. The van der Waals surface area contributed by atoms with Gasteiger partial charge in [-0.2, -0.15) is 5.10 Å². The van der Waals surface area contributed by atoms with E-state index in [2.05, 4.69) is 10.4 Å². The molecule has 0 saturated heterocycles. The van der Waals surface area contributed by atoms with Crippen molar-refractivity contribution in [2.24, 2.45) is 0 Å². The number of hydrogen-bond donors (Lipinski definition) is 1. The minimum atomic E-state index is -0.469. The van der Waals surface area contributed by atoms with Crippen LogP contribution in [0.5, 0.6) is 17.2 Å². The predicted molar refractivity (Wildman–Crippen MR) is 107 cm³/mol. The summed E-state index contributed by atoms with van der Waals surface area (Å²) in [6.07, 6.45) is 2.37. The van der Waals surface area contributed by atoms with Crippen LogP contribution in [0.4, 0.5) is 10.1 Å². The number of carbonyl (C=O) groups excluding carboxylic acids is 1. The highest BCUT2D eigenvalue weighted by molar-refractivity contribution is 6.05. The minimum Gasteiger partial charge on any atom is -0.497 e. The number of amides is 1. The predicted octanol–water partition coefficient (Wildman–Crippen LogP) is 4.07. The first-order chi connectivity index (χ1) is 14.0. The first-order valence-electron chi connectivity index (χ1n) is 9.07. The van der Waals surface area contributed by atoms with E-state index >= 15 is 0 Å². The second-order valence-electron chi connectivity index (χ2n) is 6.13. The first kappa shape index (κ1) is 20.2. The maximum Gasteiger partial charge on any atom is 0.280 e. The van der Waals surface area contributed by atoms with Gasteiger partial charge in [0.2, 0.25) is 0 Å². The quantitative estimate of drug-likeness (QED) is 0.618. The van der Waals surface area contributed by atoms with Gasteiger partial charge in [0, 0.05) is 6.07 Å². The Bertz CT molecular complexity index is 986. The van der Waals surface area contributed by atoms with Gasteiger partial charge in [-0.1, -0.05) is 6.92 Å². The lowest BCUT2D eigenvalue weighted by atomic mass is 10.2. The van der Waals surface area contributed by atoms with Crippen molar-refractivity contribution < 1.29 is 23.4 Å². The van der Waals surface area contributed by atoms with Crippen LogP contribution in [0.3, 0.4) is 0 Å². The van der Waals surface area contributed by atoms with Crippen molar-refractivity contribution in [2.45, 2.75) is 13.3 Å². The van der Waals surface area contributed by atoms with Crippen LogP contribution in [0.15, 0.2) is 48.7 Å². The van der Waals surface area contributed by atoms with Gasteiger partial charge in [0.1, 0.15) is 17.3 Å². The number of benzene rings is 2. The lowest BCUT2D eigenvalue weighted by Crippen LogP contribution is -2.15. The molecule has 0 spiro atoms. The Labute approximate surface area is 168 Å². The van der Waals surface area contributed by atoms with E-state index in [9.17, 15) is 9.18 Å². The molecule has 0 unspecified atom stereocenters. The number of aromatic nitrogens is 2. The third kappa shape index (κ3) is 4.66. The lowest BCUT2D eigenvalue weighted by Gasteiger charge is -2.11. The molecular formula is C21H22FN3O4. The van der Waals surface area contributed by atoms with Crippen molar-refractivity contribution >= 4 is 11.6 Å². The average Bonchev–Trinajstić information content (AvgIpc) is 3.17. The fraction of sp³-hybridized carbons (Fsp3) is 0.238. The smallest absolute Gasteiger partial charge is 0.280 e. The Morgan fingerprint density at radius 2 is 1.86 bits per heavy atom. The number of methoxy groups -OCH3 is 2.